The molecule has 1 aromatic heterocycles. The molecule has 160 valence electrons. The number of nitrogens with two attached hydrogens (primary N) is 1. The van der Waals surface area contributed by atoms with E-state index in [0.29, 0.717) is 17.0 Å². The fourth-order valence-corrected chi connectivity index (χ4v) is 4.69. The van der Waals surface area contributed by atoms with Gasteiger partial charge < -0.3 is 16.0 Å². The number of nitrogens with zero attached hydrogens (tertiary/aromatic N) is 1. The fraction of sp³-hybridized carbons (Fsp3) is 0.280. The summed E-state index contributed by atoms with van der Waals surface area (Å²) in [7, 11) is 0. The third-order valence-electron chi connectivity index (χ3n) is 5.75. The molecule has 1 fully saturated rings. The van der Waals surface area contributed by atoms with E-state index in [2.05, 4.69) is 5.32 Å². The third kappa shape index (κ3) is 5.40. The van der Waals surface area contributed by atoms with Crippen LogP contribution in [0.5, 0.6) is 0 Å². The van der Waals surface area contributed by atoms with Crippen molar-refractivity contribution in [3.63, 3.8) is 0 Å². The lowest BCUT2D eigenvalue weighted by Gasteiger charge is -2.36. The highest BCUT2D eigenvalue weighted by atomic mass is 32.1. The van der Waals surface area contributed by atoms with Crippen LogP contribution in [0.15, 0.2) is 72.1 Å². The number of rotatable bonds is 6. The first kappa shape index (κ1) is 21.3. The summed E-state index contributed by atoms with van der Waals surface area (Å²) in [5.74, 6) is -0.0836. The molecule has 0 radical (unpaired) electrons. The molecule has 6 heteroatoms. The Morgan fingerprint density at radius 1 is 0.968 bits per heavy atom. The van der Waals surface area contributed by atoms with Crippen LogP contribution < -0.4 is 11.1 Å². The molecule has 0 aliphatic heterocycles. The van der Waals surface area contributed by atoms with Gasteiger partial charge in [-0.2, -0.15) is 0 Å². The standard InChI is InChI=1S/C25H27N3O2S/c26-20-11-13-22(14-12-20)28(25(30)19-7-2-1-3-8-19)17-18-6-4-9-21(16-18)27-24(29)23-10-5-15-31-23/h1-10,15-16,20,22H,11-14,17,26H2,(H,27,29). The van der Waals surface area contributed by atoms with Crippen molar-refractivity contribution in [2.75, 3.05) is 5.32 Å². The molecular formula is C25H27N3O2S. The number of benzene rings is 2. The molecule has 0 spiro atoms. The molecule has 2 amide bonds. The highest BCUT2D eigenvalue weighted by Gasteiger charge is 2.28. The Morgan fingerprint density at radius 3 is 2.45 bits per heavy atom. The van der Waals surface area contributed by atoms with Crippen molar-refractivity contribution in [3.8, 4) is 0 Å². The molecule has 4 rings (SSSR count). The van der Waals surface area contributed by atoms with Gasteiger partial charge in [-0.1, -0.05) is 36.4 Å². The van der Waals surface area contributed by atoms with E-state index in [4.69, 9.17) is 5.73 Å². The van der Waals surface area contributed by atoms with E-state index < -0.39 is 0 Å². The zero-order valence-corrected chi connectivity index (χ0v) is 18.2. The van der Waals surface area contributed by atoms with Crippen LogP contribution in [0.1, 0.15) is 51.3 Å². The van der Waals surface area contributed by atoms with Crippen LogP contribution in [0.2, 0.25) is 0 Å². The first-order valence-electron chi connectivity index (χ1n) is 10.7. The van der Waals surface area contributed by atoms with Crippen LogP contribution in [0.3, 0.4) is 0 Å². The van der Waals surface area contributed by atoms with Crippen molar-refractivity contribution in [1.82, 2.24) is 4.90 Å². The van der Waals surface area contributed by atoms with Gasteiger partial charge in [0.25, 0.3) is 11.8 Å². The summed E-state index contributed by atoms with van der Waals surface area (Å²) in [4.78, 5) is 28.4. The molecule has 31 heavy (non-hydrogen) atoms. The highest BCUT2D eigenvalue weighted by Crippen LogP contribution is 2.26. The summed E-state index contributed by atoms with van der Waals surface area (Å²) in [6, 6.07) is 21.2. The van der Waals surface area contributed by atoms with Gasteiger partial charge in [0.1, 0.15) is 0 Å². The number of carbonyl (C=O) groups is 2. The number of carbonyl (C=O) groups excluding carboxylic acids is 2. The van der Waals surface area contributed by atoms with Gasteiger partial charge in [-0.05, 0) is 67.0 Å². The lowest BCUT2D eigenvalue weighted by molar-refractivity contribution is 0.0606. The average Bonchev–Trinajstić information content (AvgIpc) is 3.34. The Balaban J connectivity index is 1.53. The van der Waals surface area contributed by atoms with Gasteiger partial charge in [-0.15, -0.1) is 11.3 Å². The minimum atomic E-state index is -0.120. The van der Waals surface area contributed by atoms with Gasteiger partial charge >= 0.3 is 0 Å². The highest BCUT2D eigenvalue weighted by molar-refractivity contribution is 7.12. The number of hydrogen-bond acceptors (Lipinski definition) is 4. The number of nitrogens with one attached hydrogen (secondary N) is 1. The second-order valence-corrected chi connectivity index (χ2v) is 8.95. The molecule has 0 bridgehead atoms. The summed E-state index contributed by atoms with van der Waals surface area (Å²) < 4.78 is 0. The van der Waals surface area contributed by atoms with Crippen LogP contribution in [0.4, 0.5) is 5.69 Å². The fourth-order valence-electron chi connectivity index (χ4n) is 4.07. The Hall–Kier alpha value is -2.96. The van der Waals surface area contributed by atoms with E-state index >= 15 is 0 Å². The van der Waals surface area contributed by atoms with Crippen molar-refractivity contribution in [2.24, 2.45) is 5.73 Å². The number of amides is 2. The Kier molecular flexibility index (Phi) is 6.79. The first-order valence-corrected chi connectivity index (χ1v) is 11.5. The minimum Gasteiger partial charge on any atom is -0.331 e. The second kappa shape index (κ2) is 9.90. The SMILES string of the molecule is NC1CCC(N(Cc2cccc(NC(=O)c3cccs3)c2)C(=O)c2ccccc2)CC1. The molecule has 0 unspecified atom stereocenters. The number of hydrogen-bond donors (Lipinski definition) is 2. The maximum atomic E-state index is 13.4. The van der Waals surface area contributed by atoms with Crippen molar-refractivity contribution in [1.29, 1.82) is 0 Å². The summed E-state index contributed by atoms with van der Waals surface area (Å²) in [6.07, 6.45) is 3.68. The largest absolute Gasteiger partial charge is 0.331 e. The molecule has 1 aliphatic rings. The van der Waals surface area contributed by atoms with Gasteiger partial charge in [-0.3, -0.25) is 9.59 Å². The predicted molar refractivity (Wildman–Crippen MR) is 125 cm³/mol. The Bertz CT molecular complexity index is 1010. The van der Waals surface area contributed by atoms with Crippen molar-refractivity contribution in [2.45, 2.75) is 44.3 Å². The van der Waals surface area contributed by atoms with E-state index in [0.717, 1.165) is 36.9 Å². The van der Waals surface area contributed by atoms with E-state index in [9.17, 15) is 9.59 Å². The summed E-state index contributed by atoms with van der Waals surface area (Å²) in [6.45, 7) is 0.496. The zero-order chi connectivity index (χ0) is 21.6. The van der Waals surface area contributed by atoms with E-state index in [1.807, 2.05) is 70.9 Å². The second-order valence-electron chi connectivity index (χ2n) is 8.00. The van der Waals surface area contributed by atoms with Gasteiger partial charge in [0, 0.05) is 29.9 Å². The van der Waals surface area contributed by atoms with Gasteiger partial charge in [0.15, 0.2) is 0 Å². The van der Waals surface area contributed by atoms with Gasteiger partial charge in [0.2, 0.25) is 0 Å². The molecule has 1 saturated carbocycles. The summed E-state index contributed by atoms with van der Waals surface area (Å²) in [5, 5.41) is 4.84. The predicted octanol–water partition coefficient (Wildman–Crippen LogP) is 4.91. The zero-order valence-electron chi connectivity index (χ0n) is 17.4. The van der Waals surface area contributed by atoms with Gasteiger partial charge in [-0.25, -0.2) is 0 Å². The summed E-state index contributed by atoms with van der Waals surface area (Å²) >= 11 is 1.41. The lowest BCUT2D eigenvalue weighted by Crippen LogP contribution is -2.43. The van der Waals surface area contributed by atoms with Crippen LogP contribution in [0, 0.1) is 0 Å². The van der Waals surface area contributed by atoms with Gasteiger partial charge in [0.05, 0.1) is 4.88 Å². The van der Waals surface area contributed by atoms with E-state index in [1.54, 1.807) is 6.07 Å². The molecular weight excluding hydrogens is 406 g/mol. The quantitative estimate of drug-likeness (QED) is 0.580. The normalized spacial score (nSPS) is 18.4. The van der Waals surface area contributed by atoms with Crippen LogP contribution in [-0.4, -0.2) is 28.8 Å². The van der Waals surface area contributed by atoms with Crippen LogP contribution in [0.25, 0.3) is 0 Å². The molecule has 0 atom stereocenters. The molecule has 2 aromatic carbocycles. The van der Waals surface area contributed by atoms with Crippen LogP contribution >= 0.6 is 11.3 Å². The Morgan fingerprint density at radius 2 is 1.74 bits per heavy atom. The lowest BCUT2D eigenvalue weighted by atomic mass is 9.90. The molecule has 1 heterocycles. The smallest absolute Gasteiger partial charge is 0.265 e. The van der Waals surface area contributed by atoms with Crippen LogP contribution in [-0.2, 0) is 6.54 Å². The first-order chi connectivity index (χ1) is 15.1. The molecule has 5 nitrogen and oxygen atoms in total. The van der Waals surface area contributed by atoms with E-state index in [1.165, 1.54) is 11.3 Å². The molecule has 3 aromatic rings. The maximum Gasteiger partial charge on any atom is 0.265 e. The number of anilines is 1. The van der Waals surface area contributed by atoms with Crippen molar-refractivity contribution in [3.05, 3.63) is 88.1 Å². The van der Waals surface area contributed by atoms with Crippen molar-refractivity contribution >= 4 is 28.8 Å². The summed E-state index contributed by atoms with van der Waals surface area (Å²) in [5.41, 5.74) is 8.51. The molecule has 3 N–H and O–H groups in total. The maximum absolute atomic E-state index is 13.4. The minimum absolute atomic E-state index is 0.0362. The molecule has 0 saturated heterocycles. The Labute approximate surface area is 186 Å². The molecule has 1 aliphatic carbocycles. The number of thiophene rings is 1. The van der Waals surface area contributed by atoms with Crippen molar-refractivity contribution < 1.29 is 9.59 Å². The van der Waals surface area contributed by atoms with E-state index in [-0.39, 0.29) is 23.9 Å². The average molecular weight is 434 g/mol. The monoisotopic (exact) mass is 433 g/mol. The third-order valence-corrected chi connectivity index (χ3v) is 6.62. The topological polar surface area (TPSA) is 75.4 Å².